The van der Waals surface area contributed by atoms with Crippen molar-refractivity contribution in [3.63, 3.8) is 0 Å². The van der Waals surface area contributed by atoms with Crippen LogP contribution in [-0.2, 0) is 11.3 Å². The Morgan fingerprint density at radius 2 is 2.35 bits per heavy atom. The number of piperidine rings is 1. The fourth-order valence-corrected chi connectivity index (χ4v) is 3.33. The van der Waals surface area contributed by atoms with Gasteiger partial charge in [-0.2, -0.15) is 0 Å². The van der Waals surface area contributed by atoms with E-state index >= 15 is 0 Å². The molecule has 4 nitrogen and oxygen atoms in total. The van der Waals surface area contributed by atoms with Crippen LogP contribution in [0.4, 0.5) is 4.79 Å². The van der Waals surface area contributed by atoms with Gasteiger partial charge in [0.15, 0.2) is 0 Å². The molecular formula is C16H20N2O2. The van der Waals surface area contributed by atoms with Crippen molar-refractivity contribution in [2.75, 3.05) is 13.1 Å². The summed E-state index contributed by atoms with van der Waals surface area (Å²) in [6, 6.07) is 11.5. The van der Waals surface area contributed by atoms with Gasteiger partial charge in [-0.25, -0.2) is 4.79 Å². The lowest BCUT2D eigenvalue weighted by molar-refractivity contribution is 0.135. The largest absolute Gasteiger partial charge is 0.444 e. The molecule has 2 fully saturated rings. The third-order valence-electron chi connectivity index (χ3n) is 4.33. The number of carbonyl (C=O) groups is 1. The standard InChI is InChI=1S/C16H20N2O2/c19-16(20-11-12-4-2-1-3-5-12)18-15-8-13-6-7-17-10-14(13)9-15/h1-2,4,13-15,17H,6-11H2,(H,18,19)/t13-,14-,15+/m0/s1. The van der Waals surface area contributed by atoms with Crippen molar-refractivity contribution < 1.29 is 9.53 Å². The minimum absolute atomic E-state index is 0.254. The highest BCUT2D eigenvalue weighted by molar-refractivity contribution is 5.67. The van der Waals surface area contributed by atoms with Crippen molar-refractivity contribution in [2.45, 2.75) is 31.9 Å². The lowest BCUT2D eigenvalue weighted by Crippen LogP contribution is -2.34. The van der Waals surface area contributed by atoms with E-state index in [9.17, 15) is 4.79 Å². The molecule has 0 bridgehead atoms. The van der Waals surface area contributed by atoms with Crippen LogP contribution in [0.2, 0.25) is 0 Å². The number of nitrogens with one attached hydrogen (secondary N) is 2. The monoisotopic (exact) mass is 272 g/mol. The number of hydrogen-bond donors (Lipinski definition) is 2. The zero-order valence-electron chi connectivity index (χ0n) is 11.5. The zero-order valence-corrected chi connectivity index (χ0v) is 11.5. The van der Waals surface area contributed by atoms with Gasteiger partial charge in [0.25, 0.3) is 0 Å². The zero-order chi connectivity index (χ0) is 13.8. The lowest BCUT2D eigenvalue weighted by Gasteiger charge is -2.25. The summed E-state index contributed by atoms with van der Waals surface area (Å²) in [4.78, 5) is 11.8. The molecule has 1 amide bonds. The number of alkyl carbamates (subject to hydrolysis) is 1. The first-order valence-corrected chi connectivity index (χ1v) is 7.32. The first-order valence-electron chi connectivity index (χ1n) is 7.32. The number of ether oxygens (including phenoxy) is 1. The summed E-state index contributed by atoms with van der Waals surface area (Å²) >= 11 is 0. The van der Waals surface area contributed by atoms with E-state index < -0.39 is 0 Å². The number of carbonyl (C=O) groups excluding carboxylic acids is 1. The molecule has 2 N–H and O–H groups in total. The Morgan fingerprint density at radius 3 is 3.15 bits per heavy atom. The number of hydrogen-bond acceptors (Lipinski definition) is 3. The van der Waals surface area contributed by atoms with E-state index in [1.54, 1.807) is 6.07 Å². The molecule has 0 spiro atoms. The molecular weight excluding hydrogens is 252 g/mol. The maximum atomic E-state index is 11.8. The molecule has 1 saturated heterocycles. The Hall–Kier alpha value is -1.73. The van der Waals surface area contributed by atoms with Crippen molar-refractivity contribution in [1.82, 2.24) is 10.6 Å². The molecule has 3 rings (SSSR count). The van der Waals surface area contributed by atoms with Gasteiger partial charge >= 0.3 is 6.09 Å². The van der Waals surface area contributed by atoms with Crippen molar-refractivity contribution in [3.8, 4) is 0 Å². The van der Waals surface area contributed by atoms with Crippen molar-refractivity contribution in [1.29, 1.82) is 0 Å². The van der Waals surface area contributed by atoms with E-state index in [4.69, 9.17) is 4.74 Å². The Bertz CT molecular complexity index is 435. The van der Waals surface area contributed by atoms with Crippen LogP contribution in [0.25, 0.3) is 0 Å². The highest BCUT2D eigenvalue weighted by Gasteiger charge is 2.36. The molecule has 1 aliphatic carbocycles. The smallest absolute Gasteiger partial charge is 0.407 e. The second kappa shape index (κ2) is 6.15. The lowest BCUT2D eigenvalue weighted by atomic mass is 9.90. The second-order valence-corrected chi connectivity index (χ2v) is 5.72. The Kier molecular flexibility index (Phi) is 4.08. The van der Waals surface area contributed by atoms with Crippen LogP contribution in [0, 0.1) is 24.0 Å². The maximum absolute atomic E-state index is 11.8. The van der Waals surface area contributed by atoms with Gasteiger partial charge in [0, 0.05) is 11.6 Å². The Balaban J connectivity index is 1.43. The fourth-order valence-electron chi connectivity index (χ4n) is 3.33. The van der Waals surface area contributed by atoms with E-state index in [2.05, 4.69) is 22.8 Å². The van der Waals surface area contributed by atoms with Crippen molar-refractivity contribution in [2.24, 2.45) is 11.8 Å². The molecule has 1 saturated carbocycles. The topological polar surface area (TPSA) is 50.4 Å². The number of amides is 1. The second-order valence-electron chi connectivity index (χ2n) is 5.72. The molecule has 106 valence electrons. The summed E-state index contributed by atoms with van der Waals surface area (Å²) in [5.41, 5.74) is 0.840. The van der Waals surface area contributed by atoms with E-state index in [0.717, 1.165) is 37.4 Å². The molecule has 0 aromatic heterocycles. The highest BCUT2D eigenvalue weighted by atomic mass is 16.5. The predicted molar refractivity (Wildman–Crippen MR) is 74.9 cm³/mol. The summed E-state index contributed by atoms with van der Waals surface area (Å²) in [7, 11) is 0. The molecule has 1 aliphatic heterocycles. The van der Waals surface area contributed by atoms with Crippen LogP contribution in [-0.4, -0.2) is 25.2 Å². The first kappa shape index (κ1) is 13.3. The van der Waals surface area contributed by atoms with Crippen LogP contribution in [0.3, 0.4) is 0 Å². The summed E-state index contributed by atoms with van der Waals surface area (Å²) in [5, 5.41) is 6.42. The molecule has 1 aromatic carbocycles. The normalized spacial score (nSPS) is 28.3. The van der Waals surface area contributed by atoms with Crippen LogP contribution >= 0.6 is 0 Å². The van der Waals surface area contributed by atoms with E-state index in [-0.39, 0.29) is 18.7 Å². The van der Waals surface area contributed by atoms with Crippen molar-refractivity contribution >= 4 is 6.09 Å². The van der Waals surface area contributed by atoms with Gasteiger partial charge in [0.2, 0.25) is 0 Å². The molecule has 1 heterocycles. The summed E-state index contributed by atoms with van der Waals surface area (Å²) in [5.74, 6) is 1.48. The quantitative estimate of drug-likeness (QED) is 0.883. The third-order valence-corrected chi connectivity index (χ3v) is 4.33. The predicted octanol–water partition coefficient (Wildman–Crippen LogP) is 1.90. The van der Waals surface area contributed by atoms with Gasteiger partial charge < -0.3 is 15.4 Å². The van der Waals surface area contributed by atoms with Crippen LogP contribution in [0.5, 0.6) is 0 Å². The molecule has 1 aromatic rings. The highest BCUT2D eigenvalue weighted by Crippen LogP contribution is 2.35. The average molecular weight is 272 g/mol. The average Bonchev–Trinajstić information content (AvgIpc) is 2.88. The van der Waals surface area contributed by atoms with Crippen LogP contribution in [0.15, 0.2) is 18.2 Å². The first-order chi connectivity index (χ1) is 9.81. The van der Waals surface area contributed by atoms with E-state index in [1.165, 1.54) is 6.42 Å². The summed E-state index contributed by atoms with van der Waals surface area (Å²) < 4.78 is 5.23. The minimum atomic E-state index is -0.321. The molecule has 0 radical (unpaired) electrons. The van der Waals surface area contributed by atoms with Gasteiger partial charge in [0.1, 0.15) is 6.61 Å². The SMILES string of the molecule is O=C(N[C@H]1C[C@H]2CNCC[C@H]2C1)OCc1c#cccc1. The van der Waals surface area contributed by atoms with Gasteiger partial charge in [-0.05, 0) is 56.3 Å². The summed E-state index contributed by atoms with van der Waals surface area (Å²) in [6.45, 7) is 2.45. The Morgan fingerprint density at radius 1 is 1.45 bits per heavy atom. The van der Waals surface area contributed by atoms with Gasteiger partial charge in [-0.15, -0.1) is 0 Å². The minimum Gasteiger partial charge on any atom is -0.444 e. The fraction of sp³-hybridized carbons (Fsp3) is 0.562. The molecule has 20 heavy (non-hydrogen) atoms. The molecule has 0 unspecified atom stereocenters. The number of rotatable bonds is 3. The van der Waals surface area contributed by atoms with Gasteiger partial charge in [0.05, 0.1) is 0 Å². The van der Waals surface area contributed by atoms with Crippen LogP contribution in [0.1, 0.15) is 24.8 Å². The number of fused-ring (bicyclic) bond motifs is 1. The molecule has 3 atom stereocenters. The van der Waals surface area contributed by atoms with Gasteiger partial charge in [-0.3, -0.25) is 0 Å². The van der Waals surface area contributed by atoms with Crippen molar-refractivity contribution in [3.05, 3.63) is 35.9 Å². The Labute approximate surface area is 119 Å². The molecule has 2 aliphatic rings. The van der Waals surface area contributed by atoms with E-state index in [0.29, 0.717) is 5.92 Å². The summed E-state index contributed by atoms with van der Waals surface area (Å²) in [6.07, 6.45) is 3.07. The van der Waals surface area contributed by atoms with Crippen LogP contribution < -0.4 is 10.6 Å². The maximum Gasteiger partial charge on any atom is 0.407 e. The molecule has 4 heteroatoms. The van der Waals surface area contributed by atoms with E-state index in [1.807, 2.05) is 12.1 Å². The van der Waals surface area contributed by atoms with Gasteiger partial charge in [-0.1, -0.05) is 18.2 Å². The third kappa shape index (κ3) is 3.23.